The molecule has 0 unspecified atom stereocenters. The Morgan fingerprint density at radius 2 is 1.75 bits per heavy atom. The molecule has 0 heterocycles. The summed E-state index contributed by atoms with van der Waals surface area (Å²) in [6.45, 7) is 0. The predicted octanol–water partition coefficient (Wildman–Crippen LogP) is 2.27. The molecule has 1 aromatic carbocycles. The number of esters is 1. The molecule has 16 heavy (non-hydrogen) atoms. The van der Waals surface area contributed by atoms with Crippen molar-refractivity contribution >= 4 is 11.7 Å². The van der Waals surface area contributed by atoms with E-state index < -0.39 is 22.8 Å². The van der Waals surface area contributed by atoms with Crippen molar-refractivity contribution in [1.82, 2.24) is 0 Å². The summed E-state index contributed by atoms with van der Waals surface area (Å²) in [7, 11) is 0. The lowest BCUT2D eigenvalue weighted by Gasteiger charge is -2.06. The minimum Gasteiger partial charge on any atom is -0.369 e. The molecule has 0 aliphatic rings. The van der Waals surface area contributed by atoms with Gasteiger partial charge in [0.2, 0.25) is 0 Å². The number of nitro benzene ring substituents is 1. The Morgan fingerprint density at radius 3 is 2.12 bits per heavy atom. The number of carbonyl (C=O) groups excluding carboxylic acids is 1. The van der Waals surface area contributed by atoms with Gasteiger partial charge in [-0.25, -0.2) is 4.79 Å². The van der Waals surface area contributed by atoms with Crippen LogP contribution in [0.1, 0.15) is 10.4 Å². The van der Waals surface area contributed by atoms with Crippen LogP contribution in [-0.2, 0) is 4.74 Å². The Hall–Kier alpha value is -2.12. The summed E-state index contributed by atoms with van der Waals surface area (Å²) >= 11 is 0. The van der Waals surface area contributed by atoms with Crippen molar-refractivity contribution in [1.29, 1.82) is 0 Å². The highest BCUT2D eigenvalue weighted by molar-refractivity contribution is 5.89. The molecule has 0 bridgehead atoms. The maximum absolute atomic E-state index is 11.6. The molecule has 5 nitrogen and oxygen atoms in total. The summed E-state index contributed by atoms with van der Waals surface area (Å²) < 4.78 is 38.1. The first-order chi connectivity index (χ1) is 7.29. The molecule has 0 aromatic heterocycles. The highest BCUT2D eigenvalue weighted by Crippen LogP contribution is 2.20. The maximum atomic E-state index is 11.6. The van der Waals surface area contributed by atoms with E-state index in [1.807, 2.05) is 0 Å². The molecule has 0 aliphatic carbocycles. The first kappa shape index (κ1) is 12.0. The van der Waals surface area contributed by atoms with Gasteiger partial charge in [-0.1, -0.05) is 0 Å². The van der Waals surface area contributed by atoms with E-state index in [0.29, 0.717) is 0 Å². The smallest absolute Gasteiger partial charge is 0.369 e. The van der Waals surface area contributed by atoms with E-state index in [1.54, 1.807) is 0 Å². The van der Waals surface area contributed by atoms with Crippen LogP contribution in [0.5, 0.6) is 0 Å². The van der Waals surface area contributed by atoms with Gasteiger partial charge >= 0.3 is 12.3 Å². The normalized spacial score (nSPS) is 10.9. The summed E-state index contributed by atoms with van der Waals surface area (Å²) in [5.41, 5.74) is -0.744. The van der Waals surface area contributed by atoms with Crippen molar-refractivity contribution in [3.8, 4) is 0 Å². The third-order valence-corrected chi connectivity index (χ3v) is 1.52. The lowest BCUT2D eigenvalue weighted by Crippen LogP contribution is -2.19. The molecule has 8 heteroatoms. The molecule has 1 aromatic rings. The van der Waals surface area contributed by atoms with Crippen LogP contribution in [-0.4, -0.2) is 17.3 Å². The second-order valence-electron chi connectivity index (χ2n) is 2.64. The van der Waals surface area contributed by atoms with E-state index in [0.717, 1.165) is 24.3 Å². The third kappa shape index (κ3) is 3.23. The number of hydrogen-bond donors (Lipinski definition) is 0. The van der Waals surface area contributed by atoms with E-state index in [9.17, 15) is 28.1 Å². The van der Waals surface area contributed by atoms with Crippen molar-refractivity contribution in [2.24, 2.45) is 0 Å². The number of alkyl halides is 3. The highest BCUT2D eigenvalue weighted by atomic mass is 19.4. The number of nitrogens with zero attached hydrogens (tertiary/aromatic N) is 1. The van der Waals surface area contributed by atoms with Gasteiger partial charge in [0.15, 0.2) is 0 Å². The number of non-ortho nitro benzene ring substituents is 1. The van der Waals surface area contributed by atoms with Gasteiger partial charge in [-0.05, 0) is 12.1 Å². The van der Waals surface area contributed by atoms with Crippen LogP contribution in [0, 0.1) is 10.1 Å². The second-order valence-corrected chi connectivity index (χ2v) is 2.64. The molecule has 0 aliphatic heterocycles. The van der Waals surface area contributed by atoms with Crippen LogP contribution in [0.3, 0.4) is 0 Å². The zero-order valence-corrected chi connectivity index (χ0v) is 7.52. The first-order valence-corrected chi connectivity index (χ1v) is 3.84. The Morgan fingerprint density at radius 1 is 1.25 bits per heavy atom. The minimum atomic E-state index is -5.07. The van der Waals surface area contributed by atoms with Gasteiger partial charge in [0.25, 0.3) is 5.69 Å². The number of rotatable bonds is 2. The zero-order chi connectivity index (χ0) is 12.3. The fraction of sp³-hybridized carbons (Fsp3) is 0.125. The lowest BCUT2D eigenvalue weighted by atomic mass is 10.2. The average molecular weight is 235 g/mol. The first-order valence-electron chi connectivity index (χ1n) is 3.84. The molecular weight excluding hydrogens is 231 g/mol. The van der Waals surface area contributed by atoms with Crippen LogP contribution in [0.15, 0.2) is 24.3 Å². The van der Waals surface area contributed by atoms with Crippen molar-refractivity contribution < 1.29 is 27.6 Å². The molecule has 0 atom stereocenters. The van der Waals surface area contributed by atoms with Crippen molar-refractivity contribution in [3.63, 3.8) is 0 Å². The Bertz CT molecular complexity index is 412. The van der Waals surface area contributed by atoms with Gasteiger partial charge in [0.05, 0.1) is 10.5 Å². The van der Waals surface area contributed by atoms with E-state index in [-0.39, 0.29) is 5.69 Å². The summed E-state index contributed by atoms with van der Waals surface area (Å²) in [5.74, 6) is -1.61. The van der Waals surface area contributed by atoms with Crippen molar-refractivity contribution in [2.75, 3.05) is 0 Å². The summed E-state index contributed by atoms with van der Waals surface area (Å²) in [5, 5.41) is 10.2. The van der Waals surface area contributed by atoms with Crippen molar-refractivity contribution in [2.45, 2.75) is 6.36 Å². The van der Waals surface area contributed by atoms with Crippen LogP contribution in [0.25, 0.3) is 0 Å². The molecule has 1 rings (SSSR count). The van der Waals surface area contributed by atoms with Gasteiger partial charge < -0.3 is 4.74 Å². The Kier molecular flexibility index (Phi) is 3.11. The van der Waals surface area contributed by atoms with Gasteiger partial charge in [0.1, 0.15) is 0 Å². The van der Waals surface area contributed by atoms with Gasteiger partial charge in [-0.3, -0.25) is 10.1 Å². The largest absolute Gasteiger partial charge is 0.575 e. The predicted molar refractivity (Wildman–Crippen MR) is 44.6 cm³/mol. The number of halogens is 3. The SMILES string of the molecule is O=C(OC(F)(F)F)c1ccc([N+](=O)[O-])cc1. The molecular formula is C8H4F3NO4. The number of benzene rings is 1. The van der Waals surface area contributed by atoms with E-state index in [1.165, 1.54) is 0 Å². The number of carbonyl (C=O) groups is 1. The Balaban J connectivity index is 2.82. The summed E-state index contributed by atoms with van der Waals surface area (Å²) in [6.07, 6.45) is -5.07. The molecule has 0 amide bonds. The van der Waals surface area contributed by atoms with Crippen LogP contribution in [0.2, 0.25) is 0 Å². The standard InChI is InChI=1S/C8H4F3NO4/c9-8(10,11)16-7(13)5-1-3-6(4-2-5)12(14)15/h1-4H. The Labute approximate surface area is 86.6 Å². The topological polar surface area (TPSA) is 69.4 Å². The molecule has 0 N–H and O–H groups in total. The van der Waals surface area contributed by atoms with Gasteiger partial charge in [0, 0.05) is 12.1 Å². The third-order valence-electron chi connectivity index (χ3n) is 1.52. The fourth-order valence-corrected chi connectivity index (χ4v) is 0.883. The van der Waals surface area contributed by atoms with Crippen LogP contribution >= 0.6 is 0 Å². The highest BCUT2D eigenvalue weighted by Gasteiger charge is 2.34. The summed E-state index contributed by atoms with van der Waals surface area (Å²) in [6, 6.07) is 3.58. The number of ether oxygens (including phenoxy) is 1. The van der Waals surface area contributed by atoms with E-state index in [2.05, 4.69) is 4.74 Å². The molecule has 0 fully saturated rings. The molecule has 86 valence electrons. The minimum absolute atomic E-state index is 0.330. The molecule has 0 saturated heterocycles. The zero-order valence-electron chi connectivity index (χ0n) is 7.52. The van der Waals surface area contributed by atoms with E-state index in [4.69, 9.17) is 0 Å². The summed E-state index contributed by atoms with van der Waals surface area (Å²) in [4.78, 5) is 20.3. The van der Waals surface area contributed by atoms with Crippen molar-refractivity contribution in [3.05, 3.63) is 39.9 Å². The number of nitro groups is 1. The fourth-order valence-electron chi connectivity index (χ4n) is 0.883. The average Bonchev–Trinajstić information content (AvgIpc) is 2.15. The molecule has 0 saturated carbocycles. The number of hydrogen-bond acceptors (Lipinski definition) is 4. The van der Waals surface area contributed by atoms with E-state index >= 15 is 0 Å². The van der Waals surface area contributed by atoms with Gasteiger partial charge in [-0.15, -0.1) is 13.2 Å². The molecule has 0 spiro atoms. The second kappa shape index (κ2) is 4.17. The molecule has 0 radical (unpaired) electrons. The van der Waals surface area contributed by atoms with Crippen LogP contribution < -0.4 is 0 Å². The lowest BCUT2D eigenvalue weighted by molar-refractivity contribution is -0.384. The monoisotopic (exact) mass is 235 g/mol. The van der Waals surface area contributed by atoms with Crippen LogP contribution in [0.4, 0.5) is 18.9 Å². The maximum Gasteiger partial charge on any atom is 0.575 e. The van der Waals surface area contributed by atoms with Gasteiger partial charge in [-0.2, -0.15) is 0 Å². The quantitative estimate of drug-likeness (QED) is 0.448.